The van der Waals surface area contributed by atoms with Gasteiger partial charge < -0.3 is 14.2 Å². The Labute approximate surface area is 112 Å². The molecule has 1 rings (SSSR count). The third kappa shape index (κ3) is 5.04. The first-order chi connectivity index (χ1) is 8.81. The summed E-state index contributed by atoms with van der Waals surface area (Å²) in [6.45, 7) is 4.78. The van der Waals surface area contributed by atoms with E-state index in [9.17, 15) is 0 Å². The van der Waals surface area contributed by atoms with Gasteiger partial charge in [0, 0.05) is 26.5 Å². The normalized spacial score (nSPS) is 10.6. The number of rotatable bonds is 9. The largest absolute Gasteiger partial charge is 0.397 e. The highest BCUT2D eigenvalue weighted by Crippen LogP contribution is 2.16. The van der Waals surface area contributed by atoms with Gasteiger partial charge in [0.25, 0.3) is 0 Å². The Morgan fingerprint density at radius 2 is 1.94 bits per heavy atom. The van der Waals surface area contributed by atoms with Gasteiger partial charge in [0.15, 0.2) is 0 Å². The van der Waals surface area contributed by atoms with Gasteiger partial charge in [0.05, 0.1) is 0 Å². The molecule has 0 spiro atoms. The van der Waals surface area contributed by atoms with Crippen LogP contribution in [0.5, 0.6) is 0 Å². The van der Waals surface area contributed by atoms with Gasteiger partial charge in [-0.15, -0.1) is 0 Å². The molecule has 0 bridgehead atoms. The van der Waals surface area contributed by atoms with Crippen LogP contribution in [0.3, 0.4) is 0 Å². The summed E-state index contributed by atoms with van der Waals surface area (Å²) in [7, 11) is 2.41. The molecule has 0 heterocycles. The Kier molecular flexibility index (Phi) is 7.40. The van der Waals surface area contributed by atoms with Gasteiger partial charge in [-0.3, -0.25) is 0 Å². The molecule has 1 aromatic rings. The van der Waals surface area contributed by atoms with E-state index in [-0.39, 0.29) is 0 Å². The standard InChI is InChI=1S/C14H22NO2Si/c1-4-13-9-5-6-10-14(13)15-11-7-8-12-18(16-2)17-3/h4-6,9-10,15H,1,7-8,11-12H2,2-3H3. The molecule has 1 N–H and O–H groups in total. The average Bonchev–Trinajstić information content (AvgIpc) is 2.43. The highest BCUT2D eigenvalue weighted by molar-refractivity contribution is 6.44. The Balaban J connectivity index is 2.23. The zero-order chi connectivity index (χ0) is 13.2. The van der Waals surface area contributed by atoms with Crippen LogP contribution in [0.25, 0.3) is 6.08 Å². The molecule has 0 amide bonds. The van der Waals surface area contributed by atoms with Crippen molar-refractivity contribution in [2.24, 2.45) is 0 Å². The summed E-state index contributed by atoms with van der Waals surface area (Å²) in [5.41, 5.74) is 2.30. The SMILES string of the molecule is C=Cc1ccccc1NCCCC[Si](OC)OC. The van der Waals surface area contributed by atoms with Gasteiger partial charge in [0.2, 0.25) is 0 Å². The molecule has 0 aromatic heterocycles. The van der Waals surface area contributed by atoms with Crippen molar-refractivity contribution in [2.45, 2.75) is 18.9 Å². The monoisotopic (exact) mass is 264 g/mol. The maximum absolute atomic E-state index is 5.25. The lowest BCUT2D eigenvalue weighted by molar-refractivity contribution is 0.276. The predicted molar refractivity (Wildman–Crippen MR) is 78.8 cm³/mol. The van der Waals surface area contributed by atoms with Crippen molar-refractivity contribution in [3.8, 4) is 0 Å². The van der Waals surface area contributed by atoms with E-state index in [4.69, 9.17) is 8.85 Å². The zero-order valence-corrected chi connectivity index (χ0v) is 12.2. The van der Waals surface area contributed by atoms with Crippen LogP contribution in [0.1, 0.15) is 18.4 Å². The number of hydrogen-bond acceptors (Lipinski definition) is 3. The molecular weight excluding hydrogens is 242 g/mol. The third-order valence-electron chi connectivity index (χ3n) is 2.76. The first kappa shape index (κ1) is 15.0. The highest BCUT2D eigenvalue weighted by atomic mass is 28.3. The van der Waals surface area contributed by atoms with Crippen LogP contribution in [0.2, 0.25) is 6.04 Å². The molecule has 0 saturated carbocycles. The summed E-state index contributed by atoms with van der Waals surface area (Å²) in [6.07, 6.45) is 4.12. The van der Waals surface area contributed by atoms with Crippen LogP contribution in [-0.4, -0.2) is 30.0 Å². The fourth-order valence-electron chi connectivity index (χ4n) is 1.74. The maximum Gasteiger partial charge on any atom is 0.384 e. The first-order valence-electron chi connectivity index (χ1n) is 6.21. The van der Waals surface area contributed by atoms with Gasteiger partial charge in [-0.2, -0.15) is 0 Å². The van der Waals surface area contributed by atoms with Gasteiger partial charge in [0.1, 0.15) is 0 Å². The van der Waals surface area contributed by atoms with Crippen molar-refractivity contribution < 1.29 is 8.85 Å². The Hall–Kier alpha value is -1.10. The summed E-state index contributed by atoms with van der Waals surface area (Å²) in [5.74, 6) is 0. The van der Waals surface area contributed by atoms with Gasteiger partial charge in [-0.25, -0.2) is 0 Å². The molecule has 0 aliphatic heterocycles. The number of unbranched alkanes of at least 4 members (excludes halogenated alkanes) is 1. The summed E-state index contributed by atoms with van der Waals surface area (Å²) >= 11 is 0. The molecule has 1 radical (unpaired) electrons. The van der Waals surface area contributed by atoms with Crippen LogP contribution in [0.15, 0.2) is 30.8 Å². The van der Waals surface area contributed by atoms with Gasteiger partial charge in [-0.05, 0) is 30.5 Å². The zero-order valence-electron chi connectivity index (χ0n) is 11.2. The fraction of sp³-hybridized carbons (Fsp3) is 0.429. The molecule has 0 aliphatic carbocycles. The number of benzene rings is 1. The second-order valence-electron chi connectivity index (χ2n) is 3.96. The third-order valence-corrected chi connectivity index (χ3v) is 4.43. The van der Waals surface area contributed by atoms with E-state index in [2.05, 4.69) is 24.0 Å². The van der Waals surface area contributed by atoms with Crippen LogP contribution in [0, 0.1) is 0 Å². The van der Waals surface area contributed by atoms with Gasteiger partial charge in [-0.1, -0.05) is 30.9 Å². The second-order valence-corrected chi connectivity index (χ2v) is 6.02. The lowest BCUT2D eigenvalue weighted by atomic mass is 10.1. The summed E-state index contributed by atoms with van der Waals surface area (Å²) in [4.78, 5) is 0. The topological polar surface area (TPSA) is 30.5 Å². The minimum Gasteiger partial charge on any atom is -0.397 e. The molecular formula is C14H22NO2Si. The van der Waals surface area contributed by atoms with E-state index >= 15 is 0 Å². The van der Waals surface area contributed by atoms with E-state index in [1.807, 2.05) is 18.2 Å². The summed E-state index contributed by atoms with van der Waals surface area (Å²) in [5, 5.41) is 3.43. The minimum absolute atomic E-state index is 0.966. The number of nitrogens with one attached hydrogen (secondary N) is 1. The van der Waals surface area contributed by atoms with Crippen molar-refractivity contribution in [3.63, 3.8) is 0 Å². The van der Waals surface area contributed by atoms with E-state index in [1.54, 1.807) is 14.2 Å². The Morgan fingerprint density at radius 3 is 2.61 bits per heavy atom. The first-order valence-corrected chi connectivity index (χ1v) is 7.73. The van der Waals surface area contributed by atoms with Gasteiger partial charge >= 0.3 is 9.28 Å². The second kappa shape index (κ2) is 8.91. The number of para-hydroxylation sites is 1. The molecule has 0 fully saturated rings. The number of anilines is 1. The minimum atomic E-state index is -1.02. The van der Waals surface area contributed by atoms with Crippen molar-refractivity contribution in [1.29, 1.82) is 0 Å². The van der Waals surface area contributed by atoms with Crippen molar-refractivity contribution in [3.05, 3.63) is 36.4 Å². The molecule has 0 atom stereocenters. The average molecular weight is 264 g/mol. The molecule has 4 heteroatoms. The summed E-state index contributed by atoms with van der Waals surface area (Å²) in [6, 6.07) is 9.23. The lowest BCUT2D eigenvalue weighted by Crippen LogP contribution is -2.18. The van der Waals surface area contributed by atoms with E-state index in [1.165, 1.54) is 0 Å². The van der Waals surface area contributed by atoms with Crippen LogP contribution >= 0.6 is 0 Å². The van der Waals surface area contributed by atoms with Crippen molar-refractivity contribution >= 4 is 21.0 Å². The number of hydrogen-bond donors (Lipinski definition) is 1. The molecule has 3 nitrogen and oxygen atoms in total. The predicted octanol–water partition coefficient (Wildman–Crippen LogP) is 3.30. The molecule has 0 saturated heterocycles. The van der Waals surface area contributed by atoms with Crippen LogP contribution in [0.4, 0.5) is 5.69 Å². The van der Waals surface area contributed by atoms with Crippen molar-refractivity contribution in [2.75, 3.05) is 26.1 Å². The van der Waals surface area contributed by atoms with E-state index < -0.39 is 9.28 Å². The quantitative estimate of drug-likeness (QED) is 0.548. The summed E-state index contributed by atoms with van der Waals surface area (Å²) < 4.78 is 10.5. The Morgan fingerprint density at radius 1 is 1.22 bits per heavy atom. The van der Waals surface area contributed by atoms with E-state index in [0.717, 1.165) is 36.7 Å². The highest BCUT2D eigenvalue weighted by Gasteiger charge is 2.10. The lowest BCUT2D eigenvalue weighted by Gasteiger charge is -2.11. The van der Waals surface area contributed by atoms with Crippen molar-refractivity contribution in [1.82, 2.24) is 0 Å². The fourth-order valence-corrected chi connectivity index (χ4v) is 2.85. The molecule has 0 unspecified atom stereocenters. The molecule has 18 heavy (non-hydrogen) atoms. The Bertz CT molecular complexity index is 353. The van der Waals surface area contributed by atoms with Crippen LogP contribution in [-0.2, 0) is 8.85 Å². The molecule has 0 aliphatic rings. The maximum atomic E-state index is 5.25. The smallest absolute Gasteiger partial charge is 0.384 e. The van der Waals surface area contributed by atoms with Crippen LogP contribution < -0.4 is 5.32 Å². The molecule has 99 valence electrons. The van der Waals surface area contributed by atoms with E-state index in [0.29, 0.717) is 0 Å². The molecule has 1 aromatic carbocycles.